The van der Waals surface area contributed by atoms with E-state index in [1.54, 1.807) is 11.1 Å². The zero-order chi connectivity index (χ0) is 10.5. The van der Waals surface area contributed by atoms with E-state index in [0.717, 1.165) is 11.8 Å². The highest BCUT2D eigenvalue weighted by molar-refractivity contribution is 5.54. The van der Waals surface area contributed by atoms with Gasteiger partial charge in [-0.15, -0.1) is 0 Å². The van der Waals surface area contributed by atoms with Crippen molar-refractivity contribution < 1.29 is 0 Å². The Morgan fingerprint density at radius 1 is 1.00 bits per heavy atom. The normalized spacial score (nSPS) is 31.1. The van der Waals surface area contributed by atoms with Crippen molar-refractivity contribution in [2.24, 2.45) is 11.8 Å². The number of rotatable bonds is 1. The number of aryl methyl sites for hydroxylation is 2. The van der Waals surface area contributed by atoms with Crippen LogP contribution in [0, 0.1) is 11.8 Å². The van der Waals surface area contributed by atoms with E-state index in [1.807, 2.05) is 0 Å². The average molecular weight is 214 g/mol. The van der Waals surface area contributed by atoms with Gasteiger partial charge >= 0.3 is 0 Å². The molecule has 1 aliphatic carbocycles. The highest BCUT2D eigenvalue weighted by Gasteiger charge is 2.36. The number of hydrogen-bond donors (Lipinski definition) is 1. The second kappa shape index (κ2) is 3.24. The molecular formula is C14H18N2. The first-order valence-electron chi connectivity index (χ1n) is 6.47. The Labute approximate surface area is 96.6 Å². The van der Waals surface area contributed by atoms with Gasteiger partial charge in [-0.2, -0.15) is 0 Å². The maximum absolute atomic E-state index is 3.50. The topological polar surface area (TPSA) is 15.3 Å². The number of hydrogen-bond acceptors (Lipinski definition) is 2. The molecule has 2 saturated heterocycles. The Kier molecular flexibility index (Phi) is 1.83. The van der Waals surface area contributed by atoms with Crippen LogP contribution in [0.15, 0.2) is 18.2 Å². The lowest BCUT2D eigenvalue weighted by molar-refractivity contribution is 0.533. The summed E-state index contributed by atoms with van der Waals surface area (Å²) in [5, 5.41) is 3.50. The minimum Gasteiger partial charge on any atom is -0.371 e. The van der Waals surface area contributed by atoms with E-state index in [1.165, 1.54) is 44.7 Å². The van der Waals surface area contributed by atoms with Gasteiger partial charge in [0.2, 0.25) is 0 Å². The van der Waals surface area contributed by atoms with Crippen molar-refractivity contribution in [1.82, 2.24) is 5.32 Å². The van der Waals surface area contributed by atoms with Crippen molar-refractivity contribution in [2.75, 3.05) is 31.1 Å². The fraction of sp³-hybridized carbons (Fsp3) is 0.571. The third-order valence-electron chi connectivity index (χ3n) is 4.61. The molecule has 16 heavy (non-hydrogen) atoms. The largest absolute Gasteiger partial charge is 0.371 e. The van der Waals surface area contributed by atoms with Gasteiger partial charge in [-0.1, -0.05) is 6.07 Å². The molecule has 0 saturated carbocycles. The van der Waals surface area contributed by atoms with Gasteiger partial charge in [0.15, 0.2) is 0 Å². The summed E-state index contributed by atoms with van der Waals surface area (Å²) >= 11 is 0. The predicted octanol–water partition coefficient (Wildman–Crippen LogP) is 1.44. The monoisotopic (exact) mass is 214 g/mol. The molecule has 1 aromatic carbocycles. The van der Waals surface area contributed by atoms with Gasteiger partial charge in [-0.25, -0.2) is 0 Å². The molecule has 3 aliphatic rings. The molecule has 0 spiro atoms. The average Bonchev–Trinajstić information content (AvgIpc) is 2.79. The Morgan fingerprint density at radius 3 is 2.38 bits per heavy atom. The highest BCUT2D eigenvalue weighted by atomic mass is 15.2. The van der Waals surface area contributed by atoms with Gasteiger partial charge in [0.05, 0.1) is 0 Å². The van der Waals surface area contributed by atoms with Crippen LogP contribution in [0.25, 0.3) is 0 Å². The maximum Gasteiger partial charge on any atom is 0.0369 e. The van der Waals surface area contributed by atoms with Gasteiger partial charge in [-0.3, -0.25) is 0 Å². The molecule has 0 radical (unpaired) electrons. The van der Waals surface area contributed by atoms with Gasteiger partial charge in [0.25, 0.3) is 0 Å². The summed E-state index contributed by atoms with van der Waals surface area (Å²) in [4.78, 5) is 2.59. The summed E-state index contributed by atoms with van der Waals surface area (Å²) in [5.74, 6) is 1.79. The van der Waals surface area contributed by atoms with E-state index in [9.17, 15) is 0 Å². The molecular weight excluding hydrogens is 196 g/mol. The molecule has 1 aromatic rings. The molecule has 2 atom stereocenters. The molecule has 4 rings (SSSR count). The third-order valence-corrected chi connectivity index (χ3v) is 4.61. The summed E-state index contributed by atoms with van der Waals surface area (Å²) in [6.07, 6.45) is 2.59. The quantitative estimate of drug-likeness (QED) is 0.761. The first-order chi connectivity index (χ1) is 7.90. The standard InChI is InChI=1S/C14H18N2/c1-2-11-5-14(4-3-10(1)11)16-8-12-6-15-7-13(12)9-16/h3-5,12-13,15H,1-2,6-9H2/t12-,13+. The summed E-state index contributed by atoms with van der Waals surface area (Å²) < 4.78 is 0. The van der Waals surface area contributed by atoms with Crippen LogP contribution >= 0.6 is 0 Å². The summed E-state index contributed by atoms with van der Waals surface area (Å²) in [6, 6.07) is 7.08. The molecule has 2 aliphatic heterocycles. The fourth-order valence-corrected chi connectivity index (χ4v) is 3.44. The number of nitrogens with zero attached hydrogens (tertiary/aromatic N) is 1. The number of benzene rings is 1. The molecule has 2 nitrogen and oxygen atoms in total. The first-order valence-corrected chi connectivity index (χ1v) is 6.47. The molecule has 2 heteroatoms. The Balaban J connectivity index is 1.59. The van der Waals surface area contributed by atoms with Crippen molar-refractivity contribution in [3.05, 3.63) is 29.3 Å². The summed E-state index contributed by atoms with van der Waals surface area (Å²) in [7, 11) is 0. The van der Waals surface area contributed by atoms with Gasteiger partial charge in [-0.05, 0) is 47.9 Å². The molecule has 2 heterocycles. The maximum atomic E-state index is 3.50. The number of nitrogens with one attached hydrogen (secondary N) is 1. The van der Waals surface area contributed by atoms with E-state index in [2.05, 4.69) is 28.4 Å². The van der Waals surface area contributed by atoms with Gasteiger partial charge in [0.1, 0.15) is 0 Å². The highest BCUT2D eigenvalue weighted by Crippen LogP contribution is 2.33. The van der Waals surface area contributed by atoms with Gasteiger partial charge < -0.3 is 10.2 Å². The number of fused-ring (bicyclic) bond motifs is 2. The predicted molar refractivity (Wildman–Crippen MR) is 65.9 cm³/mol. The molecule has 0 unspecified atom stereocenters. The fourth-order valence-electron chi connectivity index (χ4n) is 3.44. The van der Waals surface area contributed by atoms with Crippen LogP contribution in [0.1, 0.15) is 11.1 Å². The molecule has 1 N–H and O–H groups in total. The van der Waals surface area contributed by atoms with E-state index < -0.39 is 0 Å². The van der Waals surface area contributed by atoms with Crippen LogP contribution in [0.4, 0.5) is 5.69 Å². The van der Waals surface area contributed by atoms with E-state index in [-0.39, 0.29) is 0 Å². The first kappa shape index (κ1) is 9.06. The Bertz CT molecular complexity index is 415. The van der Waals surface area contributed by atoms with E-state index in [4.69, 9.17) is 0 Å². The van der Waals surface area contributed by atoms with Crippen LogP contribution < -0.4 is 10.2 Å². The lowest BCUT2D eigenvalue weighted by atomic mass is 9.88. The molecule has 2 fully saturated rings. The minimum atomic E-state index is 0.895. The van der Waals surface area contributed by atoms with Gasteiger partial charge in [0, 0.05) is 31.9 Å². The second-order valence-electron chi connectivity index (χ2n) is 5.54. The molecule has 84 valence electrons. The molecule has 0 amide bonds. The number of anilines is 1. The lowest BCUT2D eigenvalue weighted by Gasteiger charge is -2.25. The lowest BCUT2D eigenvalue weighted by Crippen LogP contribution is -2.26. The minimum absolute atomic E-state index is 0.895. The van der Waals surface area contributed by atoms with Crippen molar-refractivity contribution in [2.45, 2.75) is 12.8 Å². The third kappa shape index (κ3) is 1.23. The zero-order valence-electron chi connectivity index (χ0n) is 9.58. The smallest absolute Gasteiger partial charge is 0.0369 e. The summed E-state index contributed by atoms with van der Waals surface area (Å²) in [6.45, 7) is 4.98. The van der Waals surface area contributed by atoms with Crippen LogP contribution in [-0.4, -0.2) is 26.2 Å². The van der Waals surface area contributed by atoms with Crippen LogP contribution in [0.5, 0.6) is 0 Å². The van der Waals surface area contributed by atoms with Crippen LogP contribution in [0.3, 0.4) is 0 Å². The second-order valence-corrected chi connectivity index (χ2v) is 5.54. The molecule has 0 bridgehead atoms. The van der Waals surface area contributed by atoms with Crippen molar-refractivity contribution in [1.29, 1.82) is 0 Å². The zero-order valence-corrected chi connectivity index (χ0v) is 9.58. The summed E-state index contributed by atoms with van der Waals surface area (Å²) in [5.41, 5.74) is 4.63. The van der Waals surface area contributed by atoms with Crippen molar-refractivity contribution >= 4 is 5.69 Å². The molecule has 0 aromatic heterocycles. The van der Waals surface area contributed by atoms with E-state index >= 15 is 0 Å². The Hall–Kier alpha value is -1.02. The Morgan fingerprint density at radius 2 is 1.75 bits per heavy atom. The van der Waals surface area contributed by atoms with Crippen molar-refractivity contribution in [3.63, 3.8) is 0 Å². The van der Waals surface area contributed by atoms with Crippen molar-refractivity contribution in [3.8, 4) is 0 Å². The SMILES string of the molecule is c1cc2c(cc1N1C[C@H]3CNC[C@H]3C1)CC2. The van der Waals surface area contributed by atoms with Crippen LogP contribution in [-0.2, 0) is 12.8 Å². The van der Waals surface area contributed by atoms with E-state index in [0.29, 0.717) is 0 Å². The van der Waals surface area contributed by atoms with Crippen LogP contribution in [0.2, 0.25) is 0 Å².